The molecule has 2 aromatic rings. The monoisotopic (exact) mass is 380 g/mol. The van der Waals surface area contributed by atoms with Crippen LogP contribution in [0.25, 0.3) is 0 Å². The number of rotatable bonds is 4. The van der Waals surface area contributed by atoms with Crippen LogP contribution in [0.15, 0.2) is 42.5 Å². The Bertz CT molecular complexity index is 956. The minimum absolute atomic E-state index is 0.0723. The maximum absolute atomic E-state index is 12.6. The van der Waals surface area contributed by atoms with Crippen molar-refractivity contribution in [3.8, 4) is 11.5 Å². The lowest BCUT2D eigenvalue weighted by Gasteiger charge is -2.22. The van der Waals surface area contributed by atoms with Crippen LogP contribution in [-0.2, 0) is 9.59 Å². The number of ether oxygens (including phenoxy) is 2. The summed E-state index contributed by atoms with van der Waals surface area (Å²) in [5, 5.41) is 2.81. The molecule has 0 radical (unpaired) electrons. The van der Waals surface area contributed by atoms with Crippen LogP contribution in [0.3, 0.4) is 0 Å². The Kier molecular flexibility index (Phi) is 4.73. The van der Waals surface area contributed by atoms with Gasteiger partial charge in [0.25, 0.3) is 0 Å². The normalized spacial score (nSPS) is 18.1. The van der Waals surface area contributed by atoms with Gasteiger partial charge in [0.2, 0.25) is 11.8 Å². The SMILES string of the molecule is CC(=O)c1cccc(NC(=O)[C@@H]2CC(=O)N(c3ccc4c(c3)OCCO4)C2)c1. The molecule has 144 valence electrons. The maximum atomic E-state index is 12.6. The molecule has 0 spiro atoms. The van der Waals surface area contributed by atoms with Crippen molar-refractivity contribution >= 4 is 29.0 Å². The molecule has 2 aliphatic heterocycles. The summed E-state index contributed by atoms with van der Waals surface area (Å²) < 4.78 is 11.1. The highest BCUT2D eigenvalue weighted by atomic mass is 16.6. The van der Waals surface area contributed by atoms with E-state index in [4.69, 9.17) is 9.47 Å². The first-order valence-electron chi connectivity index (χ1n) is 9.13. The minimum atomic E-state index is -0.471. The van der Waals surface area contributed by atoms with E-state index >= 15 is 0 Å². The van der Waals surface area contributed by atoms with Gasteiger partial charge in [-0.3, -0.25) is 14.4 Å². The van der Waals surface area contributed by atoms with Crippen LogP contribution in [0, 0.1) is 5.92 Å². The molecular weight excluding hydrogens is 360 g/mol. The molecule has 0 bridgehead atoms. The summed E-state index contributed by atoms with van der Waals surface area (Å²) in [6, 6.07) is 12.1. The highest BCUT2D eigenvalue weighted by Gasteiger charge is 2.35. The molecule has 0 unspecified atom stereocenters. The third-order valence-electron chi connectivity index (χ3n) is 4.87. The lowest BCUT2D eigenvalue weighted by atomic mass is 10.1. The van der Waals surface area contributed by atoms with E-state index in [1.54, 1.807) is 47.4 Å². The van der Waals surface area contributed by atoms with E-state index in [1.165, 1.54) is 6.92 Å². The van der Waals surface area contributed by atoms with E-state index in [1.807, 2.05) is 0 Å². The predicted molar refractivity (Wildman–Crippen MR) is 103 cm³/mol. The first kappa shape index (κ1) is 18.0. The minimum Gasteiger partial charge on any atom is -0.486 e. The van der Waals surface area contributed by atoms with Gasteiger partial charge in [-0.05, 0) is 31.2 Å². The first-order chi connectivity index (χ1) is 13.5. The average Bonchev–Trinajstić information content (AvgIpc) is 3.09. The van der Waals surface area contributed by atoms with Crippen molar-refractivity contribution in [2.75, 3.05) is 30.0 Å². The molecule has 4 rings (SSSR count). The van der Waals surface area contributed by atoms with Crippen LogP contribution in [0.5, 0.6) is 11.5 Å². The zero-order chi connectivity index (χ0) is 19.7. The van der Waals surface area contributed by atoms with Crippen LogP contribution in [0.4, 0.5) is 11.4 Å². The van der Waals surface area contributed by atoms with Crippen molar-refractivity contribution in [1.29, 1.82) is 0 Å². The molecule has 2 amide bonds. The van der Waals surface area contributed by atoms with Gasteiger partial charge in [-0.2, -0.15) is 0 Å². The Morgan fingerprint density at radius 1 is 1.07 bits per heavy atom. The molecule has 0 aromatic heterocycles. The molecule has 1 atom stereocenters. The Morgan fingerprint density at radius 2 is 1.86 bits per heavy atom. The van der Waals surface area contributed by atoms with Crippen molar-refractivity contribution in [1.82, 2.24) is 0 Å². The number of ketones is 1. The number of anilines is 2. The Morgan fingerprint density at radius 3 is 2.64 bits per heavy atom. The molecule has 1 N–H and O–H groups in total. The largest absolute Gasteiger partial charge is 0.486 e. The van der Waals surface area contributed by atoms with Gasteiger partial charge in [0, 0.05) is 36.0 Å². The number of benzene rings is 2. The fourth-order valence-corrected chi connectivity index (χ4v) is 3.39. The summed E-state index contributed by atoms with van der Waals surface area (Å²) in [5.41, 5.74) is 1.75. The smallest absolute Gasteiger partial charge is 0.229 e. The van der Waals surface area contributed by atoms with E-state index in [9.17, 15) is 14.4 Å². The zero-order valence-corrected chi connectivity index (χ0v) is 15.4. The maximum Gasteiger partial charge on any atom is 0.229 e. The second-order valence-electron chi connectivity index (χ2n) is 6.86. The van der Waals surface area contributed by atoms with Gasteiger partial charge in [-0.25, -0.2) is 0 Å². The Hall–Kier alpha value is -3.35. The van der Waals surface area contributed by atoms with Gasteiger partial charge in [-0.15, -0.1) is 0 Å². The number of hydrogen-bond acceptors (Lipinski definition) is 5. The molecule has 2 heterocycles. The van der Waals surface area contributed by atoms with Crippen LogP contribution >= 0.6 is 0 Å². The molecule has 7 nitrogen and oxygen atoms in total. The molecule has 28 heavy (non-hydrogen) atoms. The van der Waals surface area contributed by atoms with Gasteiger partial charge in [0.05, 0.1) is 5.92 Å². The van der Waals surface area contributed by atoms with E-state index in [0.717, 1.165) is 0 Å². The zero-order valence-electron chi connectivity index (χ0n) is 15.4. The molecule has 0 aliphatic carbocycles. The molecule has 2 aliphatic rings. The number of Topliss-reactive ketones (excluding diaryl/α,β-unsaturated/α-hetero) is 1. The Balaban J connectivity index is 1.46. The van der Waals surface area contributed by atoms with Crippen molar-refractivity contribution < 1.29 is 23.9 Å². The summed E-state index contributed by atoms with van der Waals surface area (Å²) in [4.78, 5) is 38.2. The molecule has 2 aromatic carbocycles. The number of hydrogen-bond donors (Lipinski definition) is 1. The van der Waals surface area contributed by atoms with Crippen LogP contribution < -0.4 is 19.7 Å². The summed E-state index contributed by atoms with van der Waals surface area (Å²) in [6.07, 6.45) is 0.132. The third-order valence-corrected chi connectivity index (χ3v) is 4.87. The predicted octanol–water partition coefficient (Wildman–Crippen LogP) is 2.65. The van der Waals surface area contributed by atoms with E-state index in [-0.39, 0.29) is 30.6 Å². The lowest BCUT2D eigenvalue weighted by molar-refractivity contribution is -0.122. The summed E-state index contributed by atoms with van der Waals surface area (Å²) >= 11 is 0. The number of carbonyl (C=O) groups excluding carboxylic acids is 3. The van der Waals surface area contributed by atoms with Gasteiger partial charge in [-0.1, -0.05) is 12.1 Å². The molecule has 0 saturated carbocycles. The van der Waals surface area contributed by atoms with Gasteiger partial charge in [0.15, 0.2) is 17.3 Å². The molecule has 7 heteroatoms. The fraction of sp³-hybridized carbons (Fsp3) is 0.286. The van der Waals surface area contributed by atoms with Crippen molar-refractivity contribution in [3.63, 3.8) is 0 Å². The van der Waals surface area contributed by atoms with Gasteiger partial charge >= 0.3 is 0 Å². The number of nitrogens with zero attached hydrogens (tertiary/aromatic N) is 1. The van der Waals surface area contributed by atoms with Crippen LogP contribution in [-0.4, -0.2) is 37.4 Å². The van der Waals surface area contributed by atoms with Crippen LogP contribution in [0.1, 0.15) is 23.7 Å². The number of carbonyl (C=O) groups is 3. The summed E-state index contributed by atoms with van der Waals surface area (Å²) in [6.45, 7) is 2.73. The van der Waals surface area contributed by atoms with E-state index < -0.39 is 5.92 Å². The summed E-state index contributed by atoms with van der Waals surface area (Å²) in [7, 11) is 0. The summed E-state index contributed by atoms with van der Waals surface area (Å²) in [5.74, 6) is 0.355. The van der Waals surface area contributed by atoms with Gasteiger partial charge < -0.3 is 19.7 Å². The molecular formula is C21H20N2O5. The highest BCUT2D eigenvalue weighted by molar-refractivity contribution is 6.04. The van der Waals surface area contributed by atoms with Gasteiger partial charge in [0.1, 0.15) is 13.2 Å². The van der Waals surface area contributed by atoms with Crippen LogP contribution in [0.2, 0.25) is 0 Å². The quantitative estimate of drug-likeness (QED) is 0.825. The highest BCUT2D eigenvalue weighted by Crippen LogP contribution is 2.36. The lowest BCUT2D eigenvalue weighted by Crippen LogP contribution is -2.28. The average molecular weight is 380 g/mol. The van der Waals surface area contributed by atoms with Crippen molar-refractivity contribution in [3.05, 3.63) is 48.0 Å². The van der Waals surface area contributed by atoms with E-state index in [2.05, 4.69) is 5.32 Å². The standard InChI is InChI=1S/C21H20N2O5/c1-13(24)14-3-2-4-16(9-14)22-21(26)15-10-20(25)23(12-15)17-5-6-18-19(11-17)28-8-7-27-18/h2-6,9,11,15H,7-8,10,12H2,1H3,(H,22,26)/t15-/m1/s1. The molecule has 1 fully saturated rings. The van der Waals surface area contributed by atoms with E-state index in [0.29, 0.717) is 41.7 Å². The first-order valence-corrected chi connectivity index (χ1v) is 9.13. The second-order valence-corrected chi connectivity index (χ2v) is 6.86. The topological polar surface area (TPSA) is 84.9 Å². The number of amides is 2. The number of nitrogens with one attached hydrogen (secondary N) is 1. The third kappa shape index (κ3) is 3.55. The van der Waals surface area contributed by atoms with Crippen molar-refractivity contribution in [2.24, 2.45) is 5.92 Å². The van der Waals surface area contributed by atoms with Crippen molar-refractivity contribution in [2.45, 2.75) is 13.3 Å². The fourth-order valence-electron chi connectivity index (χ4n) is 3.39. The second kappa shape index (κ2) is 7.34. The Labute approximate surface area is 162 Å². The molecule has 1 saturated heterocycles. The number of fused-ring (bicyclic) bond motifs is 1.